The van der Waals surface area contributed by atoms with Gasteiger partial charge in [-0.05, 0) is 83.5 Å². The van der Waals surface area contributed by atoms with E-state index in [1.54, 1.807) is 6.08 Å². The maximum absolute atomic E-state index is 13.4. The zero-order chi connectivity index (χ0) is 56.8. The Hall–Kier alpha value is -2.38. The second kappa shape index (κ2) is 55.2. The first-order chi connectivity index (χ1) is 38.2. The van der Waals surface area contributed by atoms with Gasteiger partial charge in [-0.25, -0.2) is 0 Å². The molecule has 0 bridgehead atoms. The van der Waals surface area contributed by atoms with E-state index in [1.807, 2.05) is 6.08 Å². The summed E-state index contributed by atoms with van der Waals surface area (Å²) in [5, 5.41) is 57.1. The minimum atomic E-state index is -1.61. The number of rotatable bonds is 56. The standard InChI is InChI=1S/C67H123NO10/c1-4-7-10-13-16-19-22-25-27-29-30-31-33-34-36-39-42-45-48-51-54-60(71)66(75)68-58(59(70)53-50-47-44-41-38-24-21-18-15-12-9-6-3)57-76-67-65(64(74)63(73)61(56-69)77-67)78-62(72)55-52-49-46-43-40-37-35-32-28-26-23-20-17-14-11-8-5-2/h16,19,25-28,50,53,58-61,63-65,67,69-71,73-74H,4-15,17-18,20-24,29-49,51-52,54-57H2,1-3H3,(H,68,75)/b19-16-,27-25-,28-26+,53-50+. The Morgan fingerprint density at radius 3 is 1.35 bits per heavy atom. The molecule has 0 aromatic rings. The number of carbonyl (C=O) groups excluding carboxylic acids is 2. The predicted molar refractivity (Wildman–Crippen MR) is 324 cm³/mol. The van der Waals surface area contributed by atoms with E-state index in [0.717, 1.165) is 83.5 Å². The molecule has 78 heavy (non-hydrogen) atoms. The summed E-state index contributed by atoms with van der Waals surface area (Å²) in [5.74, 6) is -1.19. The number of hydrogen-bond donors (Lipinski definition) is 6. The van der Waals surface area contributed by atoms with Crippen molar-refractivity contribution in [1.82, 2.24) is 5.32 Å². The summed E-state index contributed by atoms with van der Waals surface area (Å²) in [6.07, 6.45) is 57.1. The number of aliphatic hydroxyl groups excluding tert-OH is 5. The van der Waals surface area contributed by atoms with Crippen molar-refractivity contribution in [3.05, 3.63) is 48.6 Å². The Balaban J connectivity index is 2.64. The van der Waals surface area contributed by atoms with Crippen molar-refractivity contribution in [2.24, 2.45) is 0 Å². The lowest BCUT2D eigenvalue weighted by Crippen LogP contribution is -2.61. The van der Waals surface area contributed by atoms with Crippen LogP contribution in [0.3, 0.4) is 0 Å². The number of nitrogens with one attached hydrogen (secondary N) is 1. The van der Waals surface area contributed by atoms with Crippen molar-refractivity contribution < 1.29 is 49.3 Å². The molecule has 1 aliphatic heterocycles. The van der Waals surface area contributed by atoms with E-state index in [9.17, 15) is 35.1 Å². The first kappa shape index (κ1) is 73.6. The van der Waals surface area contributed by atoms with Gasteiger partial charge in [-0.3, -0.25) is 9.59 Å². The van der Waals surface area contributed by atoms with Crippen LogP contribution < -0.4 is 5.32 Å². The normalized spacial score (nSPS) is 19.2. The average Bonchev–Trinajstić information content (AvgIpc) is 3.44. The molecule has 1 amide bonds. The molecule has 1 aliphatic rings. The van der Waals surface area contributed by atoms with Crippen LogP contribution in [0.15, 0.2) is 48.6 Å². The first-order valence-electron chi connectivity index (χ1n) is 32.9. The number of aliphatic hydroxyl groups is 5. The molecule has 11 nitrogen and oxygen atoms in total. The fraction of sp³-hybridized carbons (Fsp3) is 0.851. The fourth-order valence-corrected chi connectivity index (χ4v) is 10.2. The monoisotopic (exact) mass is 1100 g/mol. The number of hydrogen-bond acceptors (Lipinski definition) is 10. The van der Waals surface area contributed by atoms with E-state index in [4.69, 9.17) is 14.2 Å². The molecular weight excluding hydrogens is 979 g/mol. The minimum Gasteiger partial charge on any atom is -0.454 e. The lowest BCUT2D eigenvalue weighted by molar-refractivity contribution is -0.305. The molecule has 8 unspecified atom stereocenters. The first-order valence-corrected chi connectivity index (χ1v) is 32.9. The molecule has 0 spiro atoms. The predicted octanol–water partition coefficient (Wildman–Crippen LogP) is 16.0. The highest BCUT2D eigenvalue weighted by molar-refractivity contribution is 5.80. The van der Waals surface area contributed by atoms with Crippen LogP contribution in [0.25, 0.3) is 0 Å². The van der Waals surface area contributed by atoms with Crippen LogP contribution in [-0.4, -0.2) is 99.6 Å². The van der Waals surface area contributed by atoms with Gasteiger partial charge >= 0.3 is 5.97 Å². The summed E-state index contributed by atoms with van der Waals surface area (Å²) < 4.78 is 17.6. The molecule has 6 N–H and O–H groups in total. The van der Waals surface area contributed by atoms with Gasteiger partial charge in [-0.2, -0.15) is 0 Å². The summed E-state index contributed by atoms with van der Waals surface area (Å²) >= 11 is 0. The number of esters is 1. The zero-order valence-corrected chi connectivity index (χ0v) is 50.5. The quantitative estimate of drug-likeness (QED) is 0.0195. The smallest absolute Gasteiger partial charge is 0.306 e. The topological polar surface area (TPSA) is 175 Å². The summed E-state index contributed by atoms with van der Waals surface area (Å²) in [4.78, 5) is 26.6. The number of allylic oxidation sites excluding steroid dienone is 7. The number of unbranched alkanes of at least 4 members (excludes halogenated alkanes) is 36. The molecule has 0 radical (unpaired) electrons. The third kappa shape index (κ3) is 42.5. The zero-order valence-electron chi connectivity index (χ0n) is 50.5. The summed E-state index contributed by atoms with van der Waals surface area (Å²) in [5.41, 5.74) is 0. The van der Waals surface area contributed by atoms with Crippen molar-refractivity contribution in [3.63, 3.8) is 0 Å². The van der Waals surface area contributed by atoms with Crippen LogP contribution in [0, 0.1) is 0 Å². The van der Waals surface area contributed by atoms with E-state index in [-0.39, 0.29) is 19.4 Å². The van der Waals surface area contributed by atoms with E-state index in [0.29, 0.717) is 12.8 Å². The summed E-state index contributed by atoms with van der Waals surface area (Å²) in [6, 6.07) is -1.03. The molecule has 8 atom stereocenters. The van der Waals surface area contributed by atoms with E-state index in [2.05, 4.69) is 62.5 Å². The maximum atomic E-state index is 13.4. The van der Waals surface area contributed by atoms with Crippen LogP contribution in [0.1, 0.15) is 303 Å². The fourth-order valence-electron chi connectivity index (χ4n) is 10.2. The van der Waals surface area contributed by atoms with Crippen molar-refractivity contribution in [2.45, 2.75) is 352 Å². The Bertz CT molecular complexity index is 1450. The number of amides is 1. The van der Waals surface area contributed by atoms with Gasteiger partial charge in [0.25, 0.3) is 0 Å². The van der Waals surface area contributed by atoms with Crippen molar-refractivity contribution in [2.75, 3.05) is 13.2 Å². The van der Waals surface area contributed by atoms with Gasteiger partial charge < -0.3 is 45.1 Å². The van der Waals surface area contributed by atoms with E-state index >= 15 is 0 Å². The van der Waals surface area contributed by atoms with Gasteiger partial charge in [0.05, 0.1) is 25.4 Å². The molecule has 1 saturated heterocycles. The van der Waals surface area contributed by atoms with Gasteiger partial charge in [0.2, 0.25) is 5.91 Å². The number of ether oxygens (including phenoxy) is 3. The molecular formula is C67H123NO10. The van der Waals surface area contributed by atoms with Crippen LogP contribution in [0.4, 0.5) is 0 Å². The van der Waals surface area contributed by atoms with Gasteiger partial charge in [-0.15, -0.1) is 0 Å². The van der Waals surface area contributed by atoms with Crippen LogP contribution >= 0.6 is 0 Å². The molecule has 0 aliphatic carbocycles. The minimum absolute atomic E-state index is 0.120. The largest absolute Gasteiger partial charge is 0.454 e. The third-order valence-electron chi connectivity index (χ3n) is 15.5. The SMILES string of the molecule is CCCCC/C=C\C/C=C\CCCCCCCCCCCCC(O)C(=O)NC(COC1OC(CO)C(O)C(O)C1OC(=O)CCCCCCCCC/C=C/CCCCCCCC)C(O)/C=C/CCCCCCCCCCCC. The van der Waals surface area contributed by atoms with Crippen LogP contribution in [0.5, 0.6) is 0 Å². The molecule has 11 heteroatoms. The van der Waals surface area contributed by atoms with Crippen molar-refractivity contribution in [1.29, 1.82) is 0 Å². The summed E-state index contributed by atoms with van der Waals surface area (Å²) in [7, 11) is 0. The van der Waals surface area contributed by atoms with Crippen LogP contribution in [-0.2, 0) is 23.8 Å². The Morgan fingerprint density at radius 1 is 0.500 bits per heavy atom. The highest BCUT2D eigenvalue weighted by Crippen LogP contribution is 2.26. The lowest BCUT2D eigenvalue weighted by Gasteiger charge is -2.41. The third-order valence-corrected chi connectivity index (χ3v) is 15.5. The second-order valence-corrected chi connectivity index (χ2v) is 22.8. The molecule has 0 aromatic carbocycles. The van der Waals surface area contributed by atoms with Gasteiger partial charge in [0.1, 0.15) is 24.4 Å². The van der Waals surface area contributed by atoms with Crippen molar-refractivity contribution in [3.8, 4) is 0 Å². The molecule has 0 saturated carbocycles. The Morgan fingerprint density at radius 2 is 0.885 bits per heavy atom. The highest BCUT2D eigenvalue weighted by atomic mass is 16.7. The molecule has 456 valence electrons. The van der Waals surface area contributed by atoms with E-state index in [1.165, 1.54) is 173 Å². The van der Waals surface area contributed by atoms with Gasteiger partial charge in [0, 0.05) is 6.42 Å². The molecule has 0 aromatic heterocycles. The lowest BCUT2D eigenvalue weighted by atomic mass is 9.99. The molecule has 1 rings (SSSR count). The van der Waals surface area contributed by atoms with Gasteiger partial charge in [-0.1, -0.05) is 262 Å². The van der Waals surface area contributed by atoms with E-state index < -0.39 is 67.4 Å². The highest BCUT2D eigenvalue weighted by Gasteiger charge is 2.47. The average molecular weight is 1100 g/mol. The Labute approximate surface area is 478 Å². The maximum Gasteiger partial charge on any atom is 0.306 e. The number of carbonyl (C=O) groups is 2. The summed E-state index contributed by atoms with van der Waals surface area (Å²) in [6.45, 7) is 5.78. The Kier molecular flexibility index (Phi) is 52.1. The second-order valence-electron chi connectivity index (χ2n) is 22.8. The van der Waals surface area contributed by atoms with Gasteiger partial charge in [0.15, 0.2) is 12.4 Å². The molecule has 1 heterocycles. The molecule has 1 fully saturated rings. The van der Waals surface area contributed by atoms with Crippen molar-refractivity contribution >= 4 is 11.9 Å². The van der Waals surface area contributed by atoms with Crippen LogP contribution in [0.2, 0.25) is 0 Å².